The van der Waals surface area contributed by atoms with Crippen LogP contribution >= 0.6 is 0 Å². The molecule has 0 aromatic heterocycles. The summed E-state index contributed by atoms with van der Waals surface area (Å²) in [6.45, 7) is 4.65. The van der Waals surface area contributed by atoms with Crippen LogP contribution in [0.3, 0.4) is 0 Å². The predicted molar refractivity (Wildman–Crippen MR) is 103 cm³/mol. The van der Waals surface area contributed by atoms with Crippen molar-refractivity contribution >= 4 is 5.97 Å². The molecule has 0 saturated carbocycles. The minimum atomic E-state index is -0.0765. The third kappa shape index (κ3) is 12.6. The Balaban J connectivity index is 1.67. The summed E-state index contributed by atoms with van der Waals surface area (Å²) in [6.07, 6.45) is 23.3. The molecule has 0 N–H and O–H groups in total. The fourth-order valence-corrected chi connectivity index (χ4v) is 3.30. The van der Waals surface area contributed by atoms with Crippen LogP contribution in [0.25, 0.3) is 0 Å². The van der Waals surface area contributed by atoms with Crippen LogP contribution in [0.4, 0.5) is 0 Å². The topological polar surface area (TPSA) is 26.3 Å². The van der Waals surface area contributed by atoms with Crippen LogP contribution in [0.1, 0.15) is 117 Å². The van der Waals surface area contributed by atoms with Gasteiger partial charge in [-0.15, -0.1) is 0 Å². The summed E-state index contributed by atoms with van der Waals surface area (Å²) in [5, 5.41) is 0. The predicted octanol–water partition coefficient (Wildman–Crippen LogP) is 7.32. The number of unbranched alkanes of at least 4 members (excludes halogenated alkanes) is 13. The molecule has 0 unspecified atom stereocenters. The fraction of sp³-hybridized carbons (Fsp3) is 0.864. The second-order valence-electron chi connectivity index (χ2n) is 7.89. The molecule has 0 amide bonds. The molecule has 2 nitrogen and oxygen atoms in total. The largest absolute Gasteiger partial charge is 0.430 e. The zero-order valence-electron chi connectivity index (χ0n) is 16.3. The number of allylic oxidation sites excluding steroid dienone is 1. The van der Waals surface area contributed by atoms with Crippen LogP contribution in [0, 0.1) is 5.92 Å². The number of ether oxygens (including phenoxy) is 1. The normalized spacial score (nSPS) is 15.8. The molecule has 1 aliphatic heterocycles. The van der Waals surface area contributed by atoms with Crippen LogP contribution in [0.15, 0.2) is 11.8 Å². The second-order valence-corrected chi connectivity index (χ2v) is 7.89. The van der Waals surface area contributed by atoms with Crippen molar-refractivity contribution in [3.63, 3.8) is 0 Å². The molecule has 24 heavy (non-hydrogen) atoms. The molecule has 0 aromatic carbocycles. The van der Waals surface area contributed by atoms with E-state index < -0.39 is 0 Å². The highest BCUT2D eigenvalue weighted by atomic mass is 16.6. The van der Waals surface area contributed by atoms with E-state index in [0.29, 0.717) is 6.42 Å². The van der Waals surface area contributed by atoms with Crippen molar-refractivity contribution in [1.82, 2.24) is 0 Å². The van der Waals surface area contributed by atoms with Gasteiger partial charge in [-0.2, -0.15) is 0 Å². The van der Waals surface area contributed by atoms with E-state index in [9.17, 15) is 4.79 Å². The monoisotopic (exact) mass is 336 g/mol. The van der Waals surface area contributed by atoms with Gasteiger partial charge >= 0.3 is 5.97 Å². The standard InChI is InChI=1S/C22H40O2/c1-20(2)17-15-13-11-9-7-5-3-4-6-8-10-12-14-16-18-21-19-22(23)24-21/h18,20H,3-17,19H2,1-2H3. The first-order valence-corrected chi connectivity index (χ1v) is 10.6. The molecule has 0 aliphatic carbocycles. The Labute approximate surface area is 150 Å². The van der Waals surface area contributed by atoms with E-state index in [-0.39, 0.29) is 5.97 Å². The lowest BCUT2D eigenvalue weighted by molar-refractivity contribution is -0.148. The number of esters is 1. The summed E-state index contributed by atoms with van der Waals surface area (Å²) in [7, 11) is 0. The van der Waals surface area contributed by atoms with Gasteiger partial charge in [0.2, 0.25) is 0 Å². The van der Waals surface area contributed by atoms with E-state index in [0.717, 1.165) is 18.1 Å². The summed E-state index contributed by atoms with van der Waals surface area (Å²) in [5.41, 5.74) is 0. The average molecular weight is 337 g/mol. The molecule has 0 aromatic rings. The molecule has 2 heteroatoms. The molecule has 0 atom stereocenters. The molecule has 1 heterocycles. The zero-order valence-corrected chi connectivity index (χ0v) is 16.3. The molecular weight excluding hydrogens is 296 g/mol. The van der Waals surface area contributed by atoms with Gasteiger partial charge in [0, 0.05) is 0 Å². The molecule has 1 aliphatic rings. The fourth-order valence-electron chi connectivity index (χ4n) is 3.30. The van der Waals surface area contributed by atoms with Crippen LogP contribution in [0.5, 0.6) is 0 Å². The second kappa shape index (κ2) is 14.5. The lowest BCUT2D eigenvalue weighted by atomic mass is 10.0. The Morgan fingerprint density at radius 2 is 1.21 bits per heavy atom. The average Bonchev–Trinajstić information content (AvgIpc) is 2.52. The Kier molecular flexibility index (Phi) is 12.9. The van der Waals surface area contributed by atoms with Crippen molar-refractivity contribution in [3.05, 3.63) is 11.8 Å². The number of hydrogen-bond acceptors (Lipinski definition) is 2. The van der Waals surface area contributed by atoms with E-state index in [1.165, 1.54) is 89.9 Å². The van der Waals surface area contributed by atoms with Crippen molar-refractivity contribution in [3.8, 4) is 0 Å². The molecule has 1 saturated heterocycles. The number of carbonyl (C=O) groups is 1. The van der Waals surface area contributed by atoms with Gasteiger partial charge in [-0.3, -0.25) is 4.79 Å². The van der Waals surface area contributed by atoms with E-state index in [1.54, 1.807) is 0 Å². The van der Waals surface area contributed by atoms with Crippen LogP contribution in [-0.2, 0) is 9.53 Å². The van der Waals surface area contributed by atoms with Crippen molar-refractivity contribution in [2.75, 3.05) is 0 Å². The minimum absolute atomic E-state index is 0.0765. The van der Waals surface area contributed by atoms with E-state index >= 15 is 0 Å². The third-order valence-electron chi connectivity index (χ3n) is 4.92. The maximum absolute atomic E-state index is 10.6. The van der Waals surface area contributed by atoms with Crippen molar-refractivity contribution in [1.29, 1.82) is 0 Å². The smallest absolute Gasteiger partial charge is 0.318 e. The van der Waals surface area contributed by atoms with Crippen molar-refractivity contribution in [2.24, 2.45) is 5.92 Å². The number of hydrogen-bond donors (Lipinski definition) is 0. The number of rotatable bonds is 16. The van der Waals surface area contributed by atoms with Gasteiger partial charge < -0.3 is 4.74 Å². The molecular formula is C22H40O2. The van der Waals surface area contributed by atoms with E-state index in [2.05, 4.69) is 19.9 Å². The van der Waals surface area contributed by atoms with Crippen molar-refractivity contribution < 1.29 is 9.53 Å². The lowest BCUT2D eigenvalue weighted by Gasteiger charge is -2.15. The SMILES string of the molecule is CC(C)CCCCCCCCCCCCCCCC=C1CC(=O)O1. The highest BCUT2D eigenvalue weighted by Crippen LogP contribution is 2.19. The Hall–Kier alpha value is -0.790. The molecule has 1 fully saturated rings. The Morgan fingerprint density at radius 1 is 0.792 bits per heavy atom. The maximum atomic E-state index is 10.6. The first-order chi connectivity index (χ1) is 11.7. The summed E-state index contributed by atoms with van der Waals surface area (Å²) >= 11 is 0. The van der Waals surface area contributed by atoms with E-state index in [1.807, 2.05) is 0 Å². The van der Waals surface area contributed by atoms with Gasteiger partial charge in [0.1, 0.15) is 12.2 Å². The lowest BCUT2D eigenvalue weighted by Crippen LogP contribution is -2.17. The van der Waals surface area contributed by atoms with Gasteiger partial charge in [0.25, 0.3) is 0 Å². The van der Waals surface area contributed by atoms with Gasteiger partial charge in [0.15, 0.2) is 0 Å². The highest BCUT2D eigenvalue weighted by molar-refractivity contribution is 5.79. The molecule has 140 valence electrons. The van der Waals surface area contributed by atoms with Crippen LogP contribution in [-0.4, -0.2) is 5.97 Å². The number of carbonyl (C=O) groups excluding carboxylic acids is 1. The van der Waals surface area contributed by atoms with E-state index in [4.69, 9.17) is 4.74 Å². The zero-order chi connectivity index (χ0) is 17.5. The Morgan fingerprint density at radius 3 is 1.62 bits per heavy atom. The van der Waals surface area contributed by atoms with Gasteiger partial charge in [-0.25, -0.2) is 0 Å². The first kappa shape index (κ1) is 21.3. The molecule has 0 bridgehead atoms. The molecule has 0 radical (unpaired) electrons. The quantitative estimate of drug-likeness (QED) is 0.218. The maximum Gasteiger partial charge on any atom is 0.318 e. The summed E-state index contributed by atoms with van der Waals surface area (Å²) < 4.78 is 4.89. The van der Waals surface area contributed by atoms with Gasteiger partial charge in [0.05, 0.1) is 0 Å². The number of cyclic esters (lactones) is 1. The summed E-state index contributed by atoms with van der Waals surface area (Å²) in [6, 6.07) is 0. The van der Waals surface area contributed by atoms with Crippen LogP contribution in [0.2, 0.25) is 0 Å². The third-order valence-corrected chi connectivity index (χ3v) is 4.92. The van der Waals surface area contributed by atoms with Gasteiger partial charge in [-0.1, -0.05) is 97.3 Å². The van der Waals surface area contributed by atoms with Crippen LogP contribution < -0.4 is 0 Å². The van der Waals surface area contributed by atoms with Gasteiger partial charge in [-0.05, 0) is 24.8 Å². The minimum Gasteiger partial charge on any atom is -0.430 e. The summed E-state index contributed by atoms with van der Waals surface area (Å²) in [4.78, 5) is 10.6. The highest BCUT2D eigenvalue weighted by Gasteiger charge is 2.20. The van der Waals surface area contributed by atoms with Crippen molar-refractivity contribution in [2.45, 2.75) is 117 Å². The summed E-state index contributed by atoms with van der Waals surface area (Å²) in [5.74, 6) is 1.69. The molecule has 1 rings (SSSR count). The first-order valence-electron chi connectivity index (χ1n) is 10.6. The molecule has 0 spiro atoms. The Bertz CT molecular complexity index is 334.